The number of aliphatic carboxylic acids is 1. The maximum absolute atomic E-state index is 14.3. The van der Waals surface area contributed by atoms with E-state index in [2.05, 4.69) is 41.9 Å². The fourth-order valence-electron chi connectivity index (χ4n) is 6.59. The van der Waals surface area contributed by atoms with Crippen LogP contribution in [0, 0.1) is 11.8 Å². The Morgan fingerprint density at radius 3 is 1.56 bits per heavy atom. The molecule has 0 spiro atoms. The molecule has 4 aromatic rings. The summed E-state index contributed by atoms with van der Waals surface area (Å²) in [5.41, 5.74) is 8.13. The number of aromatic amines is 2. The van der Waals surface area contributed by atoms with Gasteiger partial charge in [-0.1, -0.05) is 70.5 Å². The lowest BCUT2D eigenvalue weighted by Crippen LogP contribution is -2.62. The molecule has 0 saturated carbocycles. The molecule has 0 saturated heterocycles. The number of carboxylic acid groups (broad SMARTS) is 1. The summed E-state index contributed by atoms with van der Waals surface area (Å²) in [5, 5.41) is 37.6. The molecule has 0 fully saturated rings. The van der Waals surface area contributed by atoms with E-state index in [1.807, 2.05) is 49.4 Å². The molecule has 0 bridgehead atoms. The van der Waals surface area contributed by atoms with Crippen LogP contribution in [-0.4, -0.2) is 111 Å². The number of hydrogen-bond acceptors (Lipinski definition) is 9. The van der Waals surface area contributed by atoms with E-state index in [1.54, 1.807) is 39.2 Å². The maximum Gasteiger partial charge on any atom is 0.326 e. The zero-order chi connectivity index (χ0) is 43.4. The highest BCUT2D eigenvalue weighted by Crippen LogP contribution is 2.21. The van der Waals surface area contributed by atoms with Gasteiger partial charge in [0.25, 0.3) is 0 Å². The Morgan fingerprint density at radius 1 is 0.644 bits per heavy atom. The van der Waals surface area contributed by atoms with Gasteiger partial charge < -0.3 is 57.8 Å². The molecule has 6 amide bonds. The Hall–Kier alpha value is -6.27. The highest BCUT2D eigenvalue weighted by atomic mass is 16.4. The summed E-state index contributed by atoms with van der Waals surface area (Å²) < 4.78 is 0. The van der Waals surface area contributed by atoms with Crippen molar-refractivity contribution >= 4 is 63.2 Å². The van der Waals surface area contributed by atoms with Gasteiger partial charge in [0.05, 0.1) is 19.2 Å². The van der Waals surface area contributed by atoms with Crippen LogP contribution in [-0.2, 0) is 46.4 Å². The number of carboxylic acids is 1. The highest BCUT2D eigenvalue weighted by molar-refractivity contribution is 5.97. The molecule has 0 aliphatic carbocycles. The van der Waals surface area contributed by atoms with Crippen molar-refractivity contribution in [1.29, 1.82) is 0 Å². The van der Waals surface area contributed by atoms with Gasteiger partial charge in [0.1, 0.15) is 30.2 Å². The smallest absolute Gasteiger partial charge is 0.326 e. The number of benzene rings is 2. The van der Waals surface area contributed by atoms with Crippen LogP contribution in [0.15, 0.2) is 60.9 Å². The molecule has 0 aliphatic heterocycles. The van der Waals surface area contributed by atoms with Gasteiger partial charge in [-0.25, -0.2) is 4.79 Å². The van der Waals surface area contributed by atoms with Gasteiger partial charge in [-0.2, -0.15) is 0 Å². The van der Waals surface area contributed by atoms with Crippen LogP contribution < -0.4 is 37.6 Å². The highest BCUT2D eigenvalue weighted by Gasteiger charge is 2.36. The number of carbonyl (C=O) groups excluding carboxylic acids is 6. The Bertz CT molecular complexity index is 2130. The van der Waals surface area contributed by atoms with Crippen molar-refractivity contribution < 1.29 is 43.8 Å². The van der Waals surface area contributed by atoms with E-state index in [1.165, 1.54) is 6.92 Å². The standard InChI is InChI=1S/C41H55N9O9/c1-6-22(4)35(48-33(53)20-45-32(52)17-42)39(56)46-31(16-25-19-44-29-14-10-8-12-27(25)29)38(55)50-36(23(5)51)40(57)47-30(37(54)49-34(21(2)3)41(58)59)15-24-18-43-28-13-9-7-11-26(24)28/h7-14,18-19,21-23,30-31,34-36,43-44,51H,6,15-17,20,42H2,1-5H3,(H,45,52)(H,46,56)(H,47,57)(H,48,53)(H,49,54)(H,50,55)(H,58,59)/t22-,23+,30-,31-,34-,35-,36-/m0/s1. The molecule has 2 aromatic carbocycles. The number of hydrogen-bond donors (Lipinski definition) is 11. The minimum Gasteiger partial charge on any atom is -0.480 e. The second kappa shape index (κ2) is 20.9. The van der Waals surface area contributed by atoms with Crippen molar-refractivity contribution in [2.24, 2.45) is 17.6 Å². The van der Waals surface area contributed by atoms with E-state index in [4.69, 9.17) is 5.73 Å². The van der Waals surface area contributed by atoms with Crippen LogP contribution in [0.1, 0.15) is 52.2 Å². The van der Waals surface area contributed by atoms with Gasteiger partial charge in [0, 0.05) is 47.0 Å². The number of rotatable bonds is 21. The van der Waals surface area contributed by atoms with Crippen LogP contribution in [0.2, 0.25) is 0 Å². The number of nitrogens with two attached hydrogens (primary N) is 1. The van der Waals surface area contributed by atoms with Gasteiger partial charge >= 0.3 is 5.97 Å². The van der Waals surface area contributed by atoms with Crippen LogP contribution in [0.25, 0.3) is 21.8 Å². The minimum absolute atomic E-state index is 0.0790. The summed E-state index contributed by atoms with van der Waals surface area (Å²) in [6, 6.07) is 7.80. The Morgan fingerprint density at radius 2 is 1.12 bits per heavy atom. The molecule has 12 N–H and O–H groups in total. The average molecular weight is 818 g/mol. The molecular formula is C41H55N9O9. The molecular weight excluding hydrogens is 763 g/mol. The zero-order valence-corrected chi connectivity index (χ0v) is 33.8. The number of para-hydroxylation sites is 2. The van der Waals surface area contributed by atoms with Crippen LogP contribution >= 0.6 is 0 Å². The van der Waals surface area contributed by atoms with E-state index in [0.717, 1.165) is 21.8 Å². The van der Waals surface area contributed by atoms with Crippen LogP contribution in [0.4, 0.5) is 0 Å². The fourth-order valence-corrected chi connectivity index (χ4v) is 6.59. The summed E-state index contributed by atoms with van der Waals surface area (Å²) >= 11 is 0. The van der Waals surface area contributed by atoms with Crippen molar-refractivity contribution in [2.45, 2.75) is 90.2 Å². The Balaban J connectivity index is 1.62. The van der Waals surface area contributed by atoms with E-state index in [-0.39, 0.29) is 19.4 Å². The summed E-state index contributed by atoms with van der Waals surface area (Å²) in [5.74, 6) is -6.75. The van der Waals surface area contributed by atoms with E-state index < -0.39 is 96.1 Å². The first-order valence-corrected chi connectivity index (χ1v) is 19.5. The average Bonchev–Trinajstić information content (AvgIpc) is 3.82. The number of H-pyrrole nitrogens is 2. The van der Waals surface area contributed by atoms with Crippen LogP contribution in [0.5, 0.6) is 0 Å². The molecule has 18 nitrogen and oxygen atoms in total. The molecule has 0 radical (unpaired) electrons. The normalized spacial score (nSPS) is 14.9. The maximum atomic E-state index is 14.3. The second-order valence-electron chi connectivity index (χ2n) is 15.0. The fraction of sp³-hybridized carbons (Fsp3) is 0.439. The lowest BCUT2D eigenvalue weighted by atomic mass is 9.97. The predicted octanol–water partition coefficient (Wildman–Crippen LogP) is 0.101. The van der Waals surface area contributed by atoms with E-state index in [0.29, 0.717) is 17.5 Å². The Labute approximate surface area is 341 Å². The molecule has 2 heterocycles. The van der Waals surface area contributed by atoms with E-state index in [9.17, 15) is 43.8 Å². The third kappa shape index (κ3) is 12.1. The van der Waals surface area contributed by atoms with Crippen molar-refractivity contribution in [3.63, 3.8) is 0 Å². The first kappa shape index (κ1) is 45.4. The molecule has 59 heavy (non-hydrogen) atoms. The number of nitrogens with one attached hydrogen (secondary N) is 8. The number of aliphatic hydroxyl groups excluding tert-OH is 1. The van der Waals surface area contributed by atoms with Crippen molar-refractivity contribution in [3.05, 3.63) is 72.1 Å². The molecule has 4 rings (SSSR count). The summed E-state index contributed by atoms with van der Waals surface area (Å²) in [6.07, 6.45) is 2.13. The van der Waals surface area contributed by atoms with Crippen molar-refractivity contribution in [3.8, 4) is 0 Å². The zero-order valence-electron chi connectivity index (χ0n) is 33.8. The SMILES string of the molecule is CC[C@H](C)[C@H](NC(=O)CNC(=O)CN)C(=O)N[C@@H](Cc1c[nH]c2ccccc12)C(=O)N[C@H](C(=O)N[C@@H](Cc1c[nH]c2ccccc12)C(=O)N[C@H](C(=O)O)C(C)C)[C@@H](C)O. The van der Waals surface area contributed by atoms with Gasteiger partial charge in [0.2, 0.25) is 35.4 Å². The Kier molecular flexibility index (Phi) is 16.1. The quantitative estimate of drug-likeness (QED) is 0.0539. The molecule has 0 unspecified atom stereocenters. The summed E-state index contributed by atoms with van der Waals surface area (Å²) in [4.78, 5) is 98.7. The number of fused-ring (bicyclic) bond motifs is 2. The number of amides is 6. The molecule has 318 valence electrons. The van der Waals surface area contributed by atoms with Gasteiger partial charge in [0.15, 0.2) is 0 Å². The first-order valence-electron chi connectivity index (χ1n) is 19.5. The number of aromatic nitrogens is 2. The largest absolute Gasteiger partial charge is 0.480 e. The number of aliphatic hydroxyl groups is 1. The van der Waals surface area contributed by atoms with Crippen LogP contribution in [0.3, 0.4) is 0 Å². The lowest BCUT2D eigenvalue weighted by molar-refractivity contribution is -0.143. The predicted molar refractivity (Wildman–Crippen MR) is 219 cm³/mol. The lowest BCUT2D eigenvalue weighted by Gasteiger charge is -2.29. The molecule has 0 aliphatic rings. The van der Waals surface area contributed by atoms with Crippen molar-refractivity contribution in [2.75, 3.05) is 13.1 Å². The third-order valence-electron chi connectivity index (χ3n) is 10.2. The second-order valence-corrected chi connectivity index (χ2v) is 15.0. The van der Waals surface area contributed by atoms with Gasteiger partial charge in [-0.15, -0.1) is 0 Å². The monoisotopic (exact) mass is 817 g/mol. The van der Waals surface area contributed by atoms with E-state index >= 15 is 0 Å². The first-order chi connectivity index (χ1) is 28.0. The third-order valence-corrected chi connectivity index (χ3v) is 10.2. The summed E-state index contributed by atoms with van der Waals surface area (Å²) in [6.45, 7) is 7.29. The topological polar surface area (TPSA) is 290 Å². The molecule has 2 aromatic heterocycles. The number of carbonyl (C=O) groups is 7. The van der Waals surface area contributed by atoms with Gasteiger partial charge in [-0.3, -0.25) is 28.8 Å². The van der Waals surface area contributed by atoms with Crippen molar-refractivity contribution in [1.82, 2.24) is 41.9 Å². The molecule has 18 heteroatoms. The minimum atomic E-state index is -1.65. The molecule has 7 atom stereocenters. The summed E-state index contributed by atoms with van der Waals surface area (Å²) in [7, 11) is 0. The van der Waals surface area contributed by atoms with Gasteiger partial charge in [-0.05, 0) is 42.0 Å².